The van der Waals surface area contributed by atoms with Gasteiger partial charge >= 0.3 is 6.03 Å². The first-order valence-corrected chi connectivity index (χ1v) is 14.4. The van der Waals surface area contributed by atoms with Crippen LogP contribution in [0.3, 0.4) is 0 Å². The standard InChI is InChI=1S/C29H43N5OS/c1-3-16-34(29(35)31-21-23-10-6-4-7-11-23)27-14-17-33(18-15-27)22-25-19-26(32-36-30-2)20-28(25)24-12-8-5-9-13-24/h4-13,25-28,30,32H,3,14-22H2,1-2H3,(H,31,35)/t25-,26?,28-/m1/s1. The predicted octanol–water partition coefficient (Wildman–Crippen LogP) is 5.01. The molecule has 2 amide bonds. The second-order valence-corrected chi connectivity index (χ2v) is 11.1. The van der Waals surface area contributed by atoms with Crippen LogP contribution in [0, 0.1) is 5.92 Å². The Kier molecular flexibility index (Phi) is 10.5. The van der Waals surface area contributed by atoms with Gasteiger partial charge in [-0.25, -0.2) is 9.52 Å². The van der Waals surface area contributed by atoms with E-state index in [-0.39, 0.29) is 6.03 Å². The molecule has 0 bridgehead atoms. The molecule has 2 fully saturated rings. The number of nitrogens with zero attached hydrogens (tertiary/aromatic N) is 2. The molecule has 1 unspecified atom stereocenters. The second kappa shape index (κ2) is 14.0. The molecule has 3 N–H and O–H groups in total. The van der Waals surface area contributed by atoms with Crippen LogP contribution in [-0.4, -0.2) is 61.1 Å². The van der Waals surface area contributed by atoms with Crippen molar-refractivity contribution in [3.05, 3.63) is 71.8 Å². The van der Waals surface area contributed by atoms with Crippen LogP contribution in [-0.2, 0) is 6.54 Å². The molecule has 0 spiro atoms. The van der Waals surface area contributed by atoms with Gasteiger partial charge in [0.15, 0.2) is 0 Å². The van der Waals surface area contributed by atoms with E-state index in [1.807, 2.05) is 25.2 Å². The Morgan fingerprint density at radius 1 is 1.03 bits per heavy atom. The van der Waals surface area contributed by atoms with Crippen LogP contribution in [0.15, 0.2) is 60.7 Å². The number of rotatable bonds is 11. The van der Waals surface area contributed by atoms with Crippen LogP contribution in [0.2, 0.25) is 0 Å². The van der Waals surface area contributed by atoms with Crippen molar-refractivity contribution in [1.82, 2.24) is 24.6 Å². The number of nitrogens with one attached hydrogen (secondary N) is 3. The van der Waals surface area contributed by atoms with E-state index in [4.69, 9.17) is 0 Å². The van der Waals surface area contributed by atoms with Gasteiger partial charge in [0.1, 0.15) is 0 Å². The van der Waals surface area contributed by atoms with Gasteiger partial charge < -0.3 is 15.1 Å². The average Bonchev–Trinajstić information content (AvgIpc) is 3.33. The number of likely N-dealkylation sites (tertiary alicyclic amines) is 1. The van der Waals surface area contributed by atoms with E-state index >= 15 is 0 Å². The molecular weight excluding hydrogens is 466 g/mol. The lowest BCUT2D eigenvalue weighted by Crippen LogP contribution is -2.51. The minimum absolute atomic E-state index is 0.0787. The Labute approximate surface area is 221 Å². The minimum atomic E-state index is 0.0787. The van der Waals surface area contributed by atoms with Crippen LogP contribution in [0.5, 0.6) is 0 Å². The molecule has 7 heteroatoms. The summed E-state index contributed by atoms with van der Waals surface area (Å²) < 4.78 is 6.76. The van der Waals surface area contributed by atoms with E-state index in [0.29, 0.717) is 30.5 Å². The highest BCUT2D eigenvalue weighted by Gasteiger charge is 2.37. The summed E-state index contributed by atoms with van der Waals surface area (Å²) in [4.78, 5) is 17.8. The maximum atomic E-state index is 13.1. The first-order valence-electron chi connectivity index (χ1n) is 13.6. The van der Waals surface area contributed by atoms with E-state index in [1.54, 1.807) is 12.1 Å². The van der Waals surface area contributed by atoms with Crippen molar-refractivity contribution in [2.24, 2.45) is 5.92 Å². The van der Waals surface area contributed by atoms with Gasteiger partial charge in [0.2, 0.25) is 0 Å². The van der Waals surface area contributed by atoms with Crippen molar-refractivity contribution < 1.29 is 4.79 Å². The third-order valence-electron chi connectivity index (χ3n) is 7.75. The number of urea groups is 1. The predicted molar refractivity (Wildman–Crippen MR) is 151 cm³/mol. The highest BCUT2D eigenvalue weighted by molar-refractivity contribution is 7.95. The van der Waals surface area contributed by atoms with Crippen molar-refractivity contribution in [3.63, 3.8) is 0 Å². The summed E-state index contributed by atoms with van der Waals surface area (Å²) in [6.45, 7) is 6.84. The molecule has 4 rings (SSSR count). The van der Waals surface area contributed by atoms with Crippen LogP contribution in [0.1, 0.15) is 56.1 Å². The Morgan fingerprint density at radius 3 is 2.39 bits per heavy atom. The smallest absolute Gasteiger partial charge is 0.317 e. The van der Waals surface area contributed by atoms with Crippen molar-refractivity contribution in [2.75, 3.05) is 33.2 Å². The van der Waals surface area contributed by atoms with Gasteiger partial charge in [-0.2, -0.15) is 0 Å². The topological polar surface area (TPSA) is 59.6 Å². The Balaban J connectivity index is 1.31. The molecule has 3 atom stereocenters. The Hall–Kier alpha value is -2.06. The molecule has 1 aliphatic carbocycles. The molecule has 6 nitrogen and oxygen atoms in total. The molecule has 1 saturated carbocycles. The van der Waals surface area contributed by atoms with Crippen molar-refractivity contribution in [3.8, 4) is 0 Å². The summed E-state index contributed by atoms with van der Waals surface area (Å²) in [7, 11) is 1.96. The van der Waals surface area contributed by atoms with Crippen molar-refractivity contribution >= 4 is 18.2 Å². The zero-order valence-corrected chi connectivity index (χ0v) is 22.7. The van der Waals surface area contributed by atoms with Gasteiger partial charge in [0.05, 0.1) is 0 Å². The fraction of sp³-hybridized carbons (Fsp3) is 0.552. The molecule has 0 radical (unpaired) electrons. The molecule has 2 aromatic rings. The van der Waals surface area contributed by atoms with Gasteiger partial charge in [-0.05, 0) is 62.1 Å². The lowest BCUT2D eigenvalue weighted by Gasteiger charge is -2.39. The highest BCUT2D eigenvalue weighted by atomic mass is 32.2. The van der Waals surface area contributed by atoms with E-state index in [2.05, 4.69) is 73.9 Å². The van der Waals surface area contributed by atoms with E-state index in [0.717, 1.165) is 51.0 Å². The van der Waals surface area contributed by atoms with E-state index < -0.39 is 0 Å². The van der Waals surface area contributed by atoms with Crippen molar-refractivity contribution in [1.29, 1.82) is 0 Å². The number of carbonyl (C=O) groups excluding carboxylic acids is 1. The lowest BCUT2D eigenvalue weighted by molar-refractivity contribution is 0.109. The van der Waals surface area contributed by atoms with Gasteiger partial charge in [-0.3, -0.25) is 4.72 Å². The summed E-state index contributed by atoms with van der Waals surface area (Å²) in [5, 5.41) is 3.16. The second-order valence-electron chi connectivity index (χ2n) is 10.2. The molecule has 2 aliphatic rings. The Morgan fingerprint density at radius 2 is 1.72 bits per heavy atom. The average molecular weight is 510 g/mol. The number of piperidine rings is 1. The molecule has 36 heavy (non-hydrogen) atoms. The third kappa shape index (κ3) is 7.48. The SMILES string of the molecule is CCCN(C(=O)NCc1ccccc1)C1CCN(C[C@H]2CC(NSNC)C[C@@H]2c2ccccc2)CC1. The Bertz CT molecular complexity index is 906. The molecular formula is C29H43N5OS. The highest BCUT2D eigenvalue weighted by Crippen LogP contribution is 2.41. The minimum Gasteiger partial charge on any atom is -0.334 e. The number of amides is 2. The monoisotopic (exact) mass is 509 g/mol. The molecule has 1 heterocycles. The van der Waals surface area contributed by atoms with E-state index in [9.17, 15) is 4.79 Å². The normalized spacial score (nSPS) is 23.0. The zero-order valence-electron chi connectivity index (χ0n) is 21.9. The first-order chi connectivity index (χ1) is 17.7. The summed E-state index contributed by atoms with van der Waals surface area (Å²) >= 11 is 1.61. The fourth-order valence-corrected chi connectivity index (χ4v) is 6.46. The van der Waals surface area contributed by atoms with Gasteiger partial charge in [-0.15, -0.1) is 0 Å². The van der Waals surface area contributed by atoms with Crippen LogP contribution in [0.4, 0.5) is 4.79 Å². The molecule has 1 aliphatic heterocycles. The summed E-state index contributed by atoms with van der Waals surface area (Å²) in [5.41, 5.74) is 2.61. The van der Waals surface area contributed by atoms with E-state index in [1.165, 1.54) is 18.4 Å². The lowest BCUT2D eigenvalue weighted by atomic mass is 9.88. The first kappa shape index (κ1) is 27.0. The molecule has 2 aromatic carbocycles. The largest absolute Gasteiger partial charge is 0.334 e. The number of benzene rings is 2. The van der Waals surface area contributed by atoms with Gasteiger partial charge in [0.25, 0.3) is 0 Å². The van der Waals surface area contributed by atoms with Gasteiger partial charge in [-0.1, -0.05) is 67.6 Å². The molecule has 196 valence electrons. The van der Waals surface area contributed by atoms with Crippen LogP contribution >= 0.6 is 12.1 Å². The summed E-state index contributed by atoms with van der Waals surface area (Å²) in [6, 6.07) is 22.2. The quantitative estimate of drug-likeness (QED) is 0.372. The summed E-state index contributed by atoms with van der Waals surface area (Å²) in [6.07, 6.45) is 5.49. The molecule has 1 saturated heterocycles. The maximum absolute atomic E-state index is 13.1. The summed E-state index contributed by atoms with van der Waals surface area (Å²) in [5.74, 6) is 1.25. The maximum Gasteiger partial charge on any atom is 0.317 e. The zero-order chi connectivity index (χ0) is 25.2. The number of hydrogen-bond acceptors (Lipinski definition) is 5. The fourth-order valence-electron chi connectivity index (χ4n) is 5.98. The number of carbonyl (C=O) groups is 1. The van der Waals surface area contributed by atoms with Gasteiger partial charge in [0, 0.05) is 56.9 Å². The van der Waals surface area contributed by atoms with Crippen molar-refractivity contribution in [2.45, 2.75) is 63.6 Å². The van der Waals surface area contributed by atoms with Crippen LogP contribution < -0.4 is 14.8 Å². The van der Waals surface area contributed by atoms with Crippen LogP contribution in [0.25, 0.3) is 0 Å². The third-order valence-corrected chi connectivity index (χ3v) is 8.41. The molecule has 0 aromatic heterocycles. The number of hydrogen-bond donors (Lipinski definition) is 3.